The number of carboxylic acids is 1. The van der Waals surface area contributed by atoms with Crippen molar-refractivity contribution < 1.29 is 34.5 Å². The molecule has 0 aliphatic heterocycles. The third-order valence-corrected chi connectivity index (χ3v) is 4.59. The van der Waals surface area contributed by atoms with Gasteiger partial charge in [-0.1, -0.05) is 20.3 Å². The first-order valence-electron chi connectivity index (χ1n) is 8.79. The van der Waals surface area contributed by atoms with Gasteiger partial charge in [0, 0.05) is 5.75 Å². The number of nitrogens with two attached hydrogens (primary N) is 1. The third kappa shape index (κ3) is 8.00. The van der Waals surface area contributed by atoms with Crippen LogP contribution in [-0.2, 0) is 19.2 Å². The normalized spacial score (nSPS) is 17.4. The molecule has 12 heteroatoms. The van der Waals surface area contributed by atoms with Gasteiger partial charge in [0.1, 0.15) is 24.2 Å². The molecule has 0 aliphatic carbocycles. The highest BCUT2D eigenvalue weighted by atomic mass is 32.1. The number of thiol groups is 1. The first-order chi connectivity index (χ1) is 13.0. The molecular formula is C16H30N4O7S. The van der Waals surface area contributed by atoms with Crippen LogP contribution in [-0.4, -0.2) is 81.6 Å². The Hall–Kier alpha value is -1.89. The second-order valence-corrected chi connectivity index (χ2v) is 6.83. The van der Waals surface area contributed by atoms with E-state index in [4.69, 9.17) is 15.9 Å². The predicted octanol–water partition coefficient (Wildman–Crippen LogP) is -2.80. The van der Waals surface area contributed by atoms with Crippen LogP contribution in [0, 0.1) is 5.92 Å². The van der Waals surface area contributed by atoms with Crippen LogP contribution in [0.2, 0.25) is 0 Å². The first kappa shape index (κ1) is 26.1. The number of aliphatic hydroxyl groups is 2. The van der Waals surface area contributed by atoms with E-state index >= 15 is 0 Å². The van der Waals surface area contributed by atoms with Crippen molar-refractivity contribution in [3.63, 3.8) is 0 Å². The van der Waals surface area contributed by atoms with Crippen molar-refractivity contribution in [1.29, 1.82) is 0 Å². The van der Waals surface area contributed by atoms with E-state index in [1.54, 1.807) is 13.8 Å². The van der Waals surface area contributed by atoms with Crippen molar-refractivity contribution in [3.05, 3.63) is 0 Å². The topological polar surface area (TPSA) is 191 Å². The number of hydrogen-bond acceptors (Lipinski definition) is 8. The molecule has 0 aromatic carbocycles. The van der Waals surface area contributed by atoms with Gasteiger partial charge in [-0.2, -0.15) is 12.6 Å². The predicted molar refractivity (Wildman–Crippen MR) is 103 cm³/mol. The Morgan fingerprint density at radius 2 is 1.54 bits per heavy atom. The zero-order chi connectivity index (χ0) is 22.0. The number of carboxylic acid groups (broad SMARTS) is 1. The summed E-state index contributed by atoms with van der Waals surface area (Å²) in [7, 11) is 0. The summed E-state index contributed by atoms with van der Waals surface area (Å²) in [5, 5.41) is 34.3. The van der Waals surface area contributed by atoms with Crippen LogP contribution < -0.4 is 21.7 Å². The fourth-order valence-electron chi connectivity index (χ4n) is 2.08. The molecule has 0 saturated heterocycles. The molecule has 162 valence electrons. The Morgan fingerprint density at radius 3 is 1.93 bits per heavy atom. The Morgan fingerprint density at radius 1 is 1.00 bits per heavy atom. The van der Waals surface area contributed by atoms with Gasteiger partial charge in [0.2, 0.25) is 17.7 Å². The van der Waals surface area contributed by atoms with E-state index in [-0.39, 0.29) is 11.7 Å². The van der Waals surface area contributed by atoms with Gasteiger partial charge in [-0.3, -0.25) is 14.4 Å². The van der Waals surface area contributed by atoms with Crippen LogP contribution in [0.5, 0.6) is 0 Å². The zero-order valence-corrected chi connectivity index (χ0v) is 17.0. The molecule has 6 unspecified atom stereocenters. The van der Waals surface area contributed by atoms with Gasteiger partial charge in [0.25, 0.3) is 0 Å². The molecule has 0 heterocycles. The standard InChI is InChI=1S/C16H30N4O7S/c1-4-7(2)12(15(25)18-9(5-21)16(26)27)20-13(23)10(6-28)19-14(24)11(17)8(3)22/h7-12,21-22,28H,4-6,17H2,1-3H3,(H,18,25)(H,19,24)(H,20,23)(H,26,27). The minimum atomic E-state index is -1.51. The van der Waals surface area contributed by atoms with Crippen LogP contribution in [0.4, 0.5) is 0 Å². The molecule has 0 aromatic rings. The lowest BCUT2D eigenvalue weighted by atomic mass is 9.97. The molecule has 0 aliphatic rings. The van der Waals surface area contributed by atoms with Gasteiger partial charge >= 0.3 is 5.97 Å². The van der Waals surface area contributed by atoms with Crippen molar-refractivity contribution in [2.45, 2.75) is 57.5 Å². The van der Waals surface area contributed by atoms with Crippen molar-refractivity contribution >= 4 is 36.3 Å². The summed E-state index contributed by atoms with van der Waals surface area (Å²) in [6.07, 6.45) is -0.645. The molecule has 28 heavy (non-hydrogen) atoms. The second kappa shape index (κ2) is 12.5. The summed E-state index contributed by atoms with van der Waals surface area (Å²) < 4.78 is 0. The van der Waals surface area contributed by atoms with Gasteiger partial charge in [0.05, 0.1) is 12.7 Å². The summed E-state index contributed by atoms with van der Waals surface area (Å²) in [4.78, 5) is 47.9. The van der Waals surface area contributed by atoms with E-state index in [1.165, 1.54) is 6.92 Å². The Bertz CT molecular complexity index is 561. The minimum absolute atomic E-state index is 0.104. The lowest BCUT2D eigenvalue weighted by Crippen LogP contribution is -2.60. The van der Waals surface area contributed by atoms with Crippen LogP contribution in [0.25, 0.3) is 0 Å². The maximum atomic E-state index is 12.5. The SMILES string of the molecule is CCC(C)C(NC(=O)C(CS)NC(=O)C(N)C(C)O)C(=O)NC(CO)C(=O)O. The molecule has 0 bridgehead atoms. The average Bonchev–Trinajstić information content (AvgIpc) is 2.65. The summed E-state index contributed by atoms with van der Waals surface area (Å²) in [5.41, 5.74) is 5.52. The Labute approximate surface area is 168 Å². The molecule has 0 aromatic heterocycles. The fourth-order valence-corrected chi connectivity index (χ4v) is 2.34. The summed E-state index contributed by atoms with van der Waals surface area (Å²) >= 11 is 4.01. The summed E-state index contributed by atoms with van der Waals surface area (Å²) in [5.74, 6) is -4.16. The smallest absolute Gasteiger partial charge is 0.328 e. The number of carbonyl (C=O) groups excluding carboxylic acids is 3. The lowest BCUT2D eigenvalue weighted by molar-refractivity contribution is -0.143. The number of rotatable bonds is 12. The molecule has 0 radical (unpaired) electrons. The van der Waals surface area contributed by atoms with E-state index in [9.17, 15) is 24.3 Å². The molecular weight excluding hydrogens is 392 g/mol. The van der Waals surface area contributed by atoms with Crippen LogP contribution in [0.15, 0.2) is 0 Å². The van der Waals surface area contributed by atoms with Gasteiger partial charge in [-0.25, -0.2) is 4.79 Å². The molecule has 0 spiro atoms. The van der Waals surface area contributed by atoms with E-state index in [0.717, 1.165) is 0 Å². The van der Waals surface area contributed by atoms with E-state index in [1.807, 2.05) is 0 Å². The molecule has 8 N–H and O–H groups in total. The zero-order valence-electron chi connectivity index (χ0n) is 16.1. The highest BCUT2D eigenvalue weighted by Gasteiger charge is 2.32. The third-order valence-electron chi connectivity index (χ3n) is 4.23. The maximum absolute atomic E-state index is 12.5. The molecule has 3 amide bonds. The monoisotopic (exact) mass is 422 g/mol. The van der Waals surface area contributed by atoms with Gasteiger partial charge in [0.15, 0.2) is 0 Å². The molecule has 0 saturated carbocycles. The van der Waals surface area contributed by atoms with Crippen molar-refractivity contribution in [2.75, 3.05) is 12.4 Å². The van der Waals surface area contributed by atoms with E-state index < -0.39 is 60.6 Å². The Balaban J connectivity index is 5.24. The number of hydrogen-bond donors (Lipinski definition) is 8. The van der Waals surface area contributed by atoms with Crippen molar-refractivity contribution in [3.8, 4) is 0 Å². The molecule has 0 rings (SSSR count). The van der Waals surface area contributed by atoms with Crippen LogP contribution in [0.3, 0.4) is 0 Å². The molecule has 6 atom stereocenters. The van der Waals surface area contributed by atoms with Crippen LogP contribution >= 0.6 is 12.6 Å². The lowest BCUT2D eigenvalue weighted by Gasteiger charge is -2.27. The fraction of sp³-hybridized carbons (Fsp3) is 0.750. The van der Waals surface area contributed by atoms with Gasteiger partial charge in [-0.05, 0) is 12.8 Å². The first-order valence-corrected chi connectivity index (χ1v) is 9.42. The number of nitrogens with one attached hydrogen (secondary N) is 3. The number of amides is 3. The number of aliphatic hydroxyl groups excluding tert-OH is 2. The van der Waals surface area contributed by atoms with Crippen molar-refractivity contribution in [2.24, 2.45) is 11.7 Å². The second-order valence-electron chi connectivity index (χ2n) is 6.46. The van der Waals surface area contributed by atoms with E-state index in [2.05, 4.69) is 28.6 Å². The maximum Gasteiger partial charge on any atom is 0.328 e. The largest absolute Gasteiger partial charge is 0.480 e. The molecule has 0 fully saturated rings. The van der Waals surface area contributed by atoms with Gasteiger partial charge < -0.3 is 37.0 Å². The highest BCUT2D eigenvalue weighted by molar-refractivity contribution is 7.80. The Kier molecular flexibility index (Phi) is 11.7. The van der Waals surface area contributed by atoms with Gasteiger partial charge in [-0.15, -0.1) is 0 Å². The minimum Gasteiger partial charge on any atom is -0.480 e. The number of aliphatic carboxylic acids is 1. The van der Waals surface area contributed by atoms with Crippen LogP contribution in [0.1, 0.15) is 27.2 Å². The summed E-state index contributed by atoms with van der Waals surface area (Å²) in [6.45, 7) is 3.96. The average molecular weight is 423 g/mol. The highest BCUT2D eigenvalue weighted by Crippen LogP contribution is 2.09. The van der Waals surface area contributed by atoms with E-state index in [0.29, 0.717) is 6.42 Å². The number of carbonyl (C=O) groups is 4. The van der Waals surface area contributed by atoms with Crippen molar-refractivity contribution in [1.82, 2.24) is 16.0 Å². The quantitative estimate of drug-likeness (QED) is 0.155. The summed E-state index contributed by atoms with van der Waals surface area (Å²) in [6, 6.07) is -4.99. The molecule has 11 nitrogen and oxygen atoms in total.